The monoisotopic (exact) mass is 312 g/mol. The number of carbonyl (C=O) groups is 1. The number of carbonyl (C=O) groups excluding carboxylic acids is 1. The van der Waals surface area contributed by atoms with E-state index >= 15 is 0 Å². The Morgan fingerprint density at radius 3 is 2.87 bits per heavy atom. The summed E-state index contributed by atoms with van der Waals surface area (Å²) in [5.74, 6) is 0.388. The van der Waals surface area contributed by atoms with Crippen LogP contribution in [0.2, 0.25) is 0 Å². The van der Waals surface area contributed by atoms with E-state index in [2.05, 4.69) is 17.1 Å². The Morgan fingerprint density at radius 2 is 2.13 bits per heavy atom. The summed E-state index contributed by atoms with van der Waals surface area (Å²) in [6.45, 7) is 2.58. The van der Waals surface area contributed by atoms with Crippen molar-refractivity contribution < 1.29 is 9.53 Å². The summed E-state index contributed by atoms with van der Waals surface area (Å²) in [7, 11) is 0. The van der Waals surface area contributed by atoms with Crippen LogP contribution in [0.3, 0.4) is 0 Å². The zero-order valence-corrected chi connectivity index (χ0v) is 13.2. The van der Waals surface area contributed by atoms with Crippen molar-refractivity contribution in [2.24, 2.45) is 0 Å². The number of fused-ring (bicyclic) bond motifs is 1. The summed E-state index contributed by atoms with van der Waals surface area (Å²) in [5.41, 5.74) is 0.969. The van der Waals surface area contributed by atoms with Gasteiger partial charge in [0.1, 0.15) is 11.4 Å². The maximum atomic E-state index is 12.5. The minimum absolute atomic E-state index is 0.0240. The maximum Gasteiger partial charge on any atom is 0.345 e. The number of hydrogen-bond acceptors (Lipinski definition) is 4. The molecule has 120 valence electrons. The van der Waals surface area contributed by atoms with E-state index in [1.165, 1.54) is 11.8 Å². The summed E-state index contributed by atoms with van der Waals surface area (Å²) >= 11 is 0. The van der Waals surface area contributed by atoms with E-state index in [-0.39, 0.29) is 23.6 Å². The second-order valence-electron chi connectivity index (χ2n) is 5.74. The van der Waals surface area contributed by atoms with E-state index in [1.807, 2.05) is 18.2 Å². The highest BCUT2D eigenvalue weighted by Gasteiger charge is 2.25. The van der Waals surface area contributed by atoms with Crippen molar-refractivity contribution in [3.05, 3.63) is 63.8 Å². The topological polar surface area (TPSA) is 61.2 Å². The van der Waals surface area contributed by atoms with Crippen LogP contribution in [0.25, 0.3) is 0 Å². The van der Waals surface area contributed by atoms with Gasteiger partial charge in [0.25, 0.3) is 5.56 Å². The summed E-state index contributed by atoms with van der Waals surface area (Å²) in [4.78, 5) is 28.8. The molecule has 0 spiro atoms. The lowest BCUT2D eigenvalue weighted by molar-refractivity contribution is 0.0522. The van der Waals surface area contributed by atoms with Gasteiger partial charge < -0.3 is 4.74 Å². The zero-order valence-electron chi connectivity index (χ0n) is 13.2. The lowest BCUT2D eigenvalue weighted by Gasteiger charge is -2.26. The fourth-order valence-corrected chi connectivity index (χ4v) is 3.11. The van der Waals surface area contributed by atoms with Gasteiger partial charge in [-0.05, 0) is 31.7 Å². The Balaban J connectivity index is 1.92. The summed E-state index contributed by atoms with van der Waals surface area (Å²) in [6.07, 6.45) is 4.14. The molecule has 1 aromatic carbocycles. The molecule has 5 nitrogen and oxygen atoms in total. The molecular weight excluding hydrogens is 292 g/mol. The summed E-state index contributed by atoms with van der Waals surface area (Å²) in [5, 5.41) is 0. The molecule has 1 atom stereocenters. The first-order chi connectivity index (χ1) is 11.2. The molecule has 0 N–H and O–H groups in total. The molecule has 0 amide bonds. The molecule has 5 heteroatoms. The number of hydrogen-bond donors (Lipinski definition) is 0. The number of benzene rings is 1. The number of nitrogens with zero attached hydrogens (tertiary/aromatic N) is 2. The molecule has 0 saturated heterocycles. The predicted molar refractivity (Wildman–Crippen MR) is 86.6 cm³/mol. The Kier molecular flexibility index (Phi) is 4.55. The van der Waals surface area contributed by atoms with E-state index in [1.54, 1.807) is 11.5 Å². The van der Waals surface area contributed by atoms with Crippen LogP contribution in [0.15, 0.2) is 41.3 Å². The lowest BCUT2D eigenvalue weighted by Crippen LogP contribution is -2.34. The van der Waals surface area contributed by atoms with Gasteiger partial charge in [-0.2, -0.15) is 0 Å². The first kappa shape index (κ1) is 15.5. The van der Waals surface area contributed by atoms with Crippen LogP contribution in [0, 0.1) is 0 Å². The van der Waals surface area contributed by atoms with Gasteiger partial charge in [-0.15, -0.1) is 0 Å². The Morgan fingerprint density at radius 1 is 1.35 bits per heavy atom. The molecule has 2 aromatic rings. The highest BCUT2D eigenvalue weighted by atomic mass is 16.5. The molecular formula is C18H20N2O3. The van der Waals surface area contributed by atoms with Crippen molar-refractivity contribution in [3.63, 3.8) is 0 Å². The number of esters is 1. The van der Waals surface area contributed by atoms with Crippen LogP contribution in [0.4, 0.5) is 0 Å². The largest absolute Gasteiger partial charge is 0.462 e. The van der Waals surface area contributed by atoms with Gasteiger partial charge in [0, 0.05) is 18.7 Å². The van der Waals surface area contributed by atoms with Crippen LogP contribution < -0.4 is 5.56 Å². The van der Waals surface area contributed by atoms with E-state index in [4.69, 9.17) is 4.74 Å². The first-order valence-electron chi connectivity index (χ1n) is 8.01. The van der Waals surface area contributed by atoms with Gasteiger partial charge in [0.2, 0.25) is 0 Å². The first-order valence-corrected chi connectivity index (χ1v) is 8.01. The van der Waals surface area contributed by atoms with E-state index in [0.29, 0.717) is 6.54 Å². The van der Waals surface area contributed by atoms with Crippen molar-refractivity contribution in [2.45, 2.75) is 38.6 Å². The predicted octanol–water partition coefficient (Wildman–Crippen LogP) is 2.54. The van der Waals surface area contributed by atoms with E-state index < -0.39 is 5.97 Å². The maximum absolute atomic E-state index is 12.5. The molecule has 0 saturated carbocycles. The van der Waals surface area contributed by atoms with Gasteiger partial charge in [0.15, 0.2) is 0 Å². The van der Waals surface area contributed by atoms with Gasteiger partial charge in [-0.3, -0.25) is 9.36 Å². The third kappa shape index (κ3) is 3.18. The van der Waals surface area contributed by atoms with Gasteiger partial charge in [-0.1, -0.05) is 30.3 Å². The average Bonchev–Trinajstić information content (AvgIpc) is 2.57. The second kappa shape index (κ2) is 6.77. The van der Waals surface area contributed by atoms with E-state index in [9.17, 15) is 9.59 Å². The molecule has 0 radical (unpaired) electrons. The minimum atomic E-state index is -0.592. The lowest BCUT2D eigenvalue weighted by atomic mass is 9.91. The van der Waals surface area contributed by atoms with Crippen LogP contribution in [-0.2, 0) is 17.7 Å². The molecule has 2 heterocycles. The molecule has 3 rings (SSSR count). The van der Waals surface area contributed by atoms with Crippen molar-refractivity contribution in [3.8, 4) is 0 Å². The van der Waals surface area contributed by atoms with Crippen LogP contribution in [0.1, 0.15) is 47.4 Å². The molecule has 0 fully saturated rings. The van der Waals surface area contributed by atoms with Crippen LogP contribution >= 0.6 is 0 Å². The Labute approximate surface area is 134 Å². The van der Waals surface area contributed by atoms with Gasteiger partial charge in [0.05, 0.1) is 6.61 Å². The summed E-state index contributed by atoms with van der Waals surface area (Å²) < 4.78 is 6.57. The Bertz CT molecular complexity index is 753. The standard InChI is InChI=1S/C18H20N2O3/c1-2-23-18(22)15-12-19-16-14(9-6-10-20(16)17(15)21)11-13-7-4-3-5-8-13/h3-5,7-8,12,14H,2,6,9-11H2,1H3. The van der Waals surface area contributed by atoms with Gasteiger partial charge >= 0.3 is 5.97 Å². The fraction of sp³-hybridized carbons (Fsp3) is 0.389. The van der Waals surface area contributed by atoms with Gasteiger partial charge in [-0.25, -0.2) is 9.78 Å². The second-order valence-corrected chi connectivity index (χ2v) is 5.74. The highest BCUT2D eigenvalue weighted by Crippen LogP contribution is 2.27. The summed E-state index contributed by atoms with van der Waals surface area (Å²) in [6, 6.07) is 10.2. The molecule has 23 heavy (non-hydrogen) atoms. The van der Waals surface area contributed by atoms with E-state index in [0.717, 1.165) is 25.1 Å². The molecule has 0 bridgehead atoms. The molecule has 0 aliphatic carbocycles. The Hall–Kier alpha value is -2.43. The SMILES string of the molecule is CCOC(=O)c1cnc2n(c1=O)CCCC2Cc1ccccc1. The van der Waals surface area contributed by atoms with Crippen LogP contribution in [-0.4, -0.2) is 22.1 Å². The van der Waals surface area contributed by atoms with Crippen molar-refractivity contribution in [1.29, 1.82) is 0 Å². The highest BCUT2D eigenvalue weighted by molar-refractivity contribution is 5.88. The smallest absolute Gasteiger partial charge is 0.345 e. The zero-order chi connectivity index (χ0) is 16.2. The third-order valence-electron chi connectivity index (χ3n) is 4.20. The average molecular weight is 312 g/mol. The molecule has 1 unspecified atom stereocenters. The molecule has 1 aliphatic heterocycles. The van der Waals surface area contributed by atoms with Crippen LogP contribution in [0.5, 0.6) is 0 Å². The molecule has 1 aromatic heterocycles. The third-order valence-corrected chi connectivity index (χ3v) is 4.20. The minimum Gasteiger partial charge on any atom is -0.462 e. The fourth-order valence-electron chi connectivity index (χ4n) is 3.11. The number of aromatic nitrogens is 2. The van der Waals surface area contributed by atoms with Crippen molar-refractivity contribution >= 4 is 5.97 Å². The quantitative estimate of drug-likeness (QED) is 0.814. The van der Waals surface area contributed by atoms with Crippen molar-refractivity contribution in [1.82, 2.24) is 9.55 Å². The number of ether oxygens (including phenoxy) is 1. The van der Waals surface area contributed by atoms with Crippen molar-refractivity contribution in [2.75, 3.05) is 6.61 Å². The number of rotatable bonds is 4. The molecule has 1 aliphatic rings. The normalized spacial score (nSPS) is 16.7.